The molecule has 0 bridgehead atoms. The first-order valence-corrected chi connectivity index (χ1v) is 13.8. The third-order valence-electron chi connectivity index (χ3n) is 6.27. The van der Waals surface area contributed by atoms with Crippen molar-refractivity contribution >= 4 is 47.7 Å². The predicted octanol–water partition coefficient (Wildman–Crippen LogP) is 7.18. The molecule has 0 unspecified atom stereocenters. The third kappa shape index (κ3) is 4.10. The van der Waals surface area contributed by atoms with Crippen molar-refractivity contribution in [3.8, 4) is 22.3 Å². The Kier molecular flexibility index (Phi) is 5.66. The van der Waals surface area contributed by atoms with Crippen LogP contribution < -0.4 is 0 Å². The first-order valence-electron chi connectivity index (χ1n) is 11.4. The van der Waals surface area contributed by atoms with Crippen LogP contribution in [0.3, 0.4) is 0 Å². The number of hydrogen-bond acceptors (Lipinski definition) is 4. The lowest BCUT2D eigenvalue weighted by atomic mass is 9.93. The summed E-state index contributed by atoms with van der Waals surface area (Å²) in [6.07, 6.45) is 5.44. The maximum atomic E-state index is 13.1. The molecule has 3 aromatic carbocycles. The van der Waals surface area contributed by atoms with E-state index in [2.05, 4.69) is 38.0 Å². The zero-order chi connectivity index (χ0) is 24.7. The summed E-state index contributed by atoms with van der Waals surface area (Å²) >= 11 is 3.52. The minimum atomic E-state index is -3.47. The van der Waals surface area contributed by atoms with Crippen LogP contribution in [-0.4, -0.2) is 23.4 Å². The number of benzene rings is 3. The third-order valence-corrected chi connectivity index (χ3v) is 8.50. The molecule has 5 nitrogen and oxygen atoms in total. The Labute approximate surface area is 216 Å². The Morgan fingerprint density at radius 2 is 1.58 bits per heavy atom. The molecule has 0 saturated carbocycles. The second-order valence-electron chi connectivity index (χ2n) is 8.59. The summed E-state index contributed by atoms with van der Waals surface area (Å²) in [7, 11) is -3.47. The van der Waals surface area contributed by atoms with Crippen LogP contribution in [0.2, 0.25) is 0 Å². The summed E-state index contributed by atoms with van der Waals surface area (Å²) in [6.45, 7) is 0. The predicted molar refractivity (Wildman–Crippen MR) is 147 cm³/mol. The lowest BCUT2D eigenvalue weighted by Crippen LogP contribution is -2.04. The number of aromatic amines is 1. The number of hydrogen-bond donors (Lipinski definition) is 1. The zero-order valence-electron chi connectivity index (χ0n) is 19.0. The van der Waals surface area contributed by atoms with E-state index in [4.69, 9.17) is 4.98 Å². The summed E-state index contributed by atoms with van der Waals surface area (Å²) < 4.78 is 27.1. The molecule has 0 aliphatic rings. The second kappa shape index (κ2) is 9.00. The van der Waals surface area contributed by atoms with Gasteiger partial charge in [0, 0.05) is 50.5 Å². The zero-order valence-corrected chi connectivity index (χ0v) is 21.4. The number of pyridine rings is 2. The largest absolute Gasteiger partial charge is 0.339 e. The minimum Gasteiger partial charge on any atom is -0.339 e. The molecule has 0 spiro atoms. The van der Waals surface area contributed by atoms with Gasteiger partial charge in [0.1, 0.15) is 5.65 Å². The average Bonchev–Trinajstić information content (AvgIpc) is 3.27. The molecule has 0 amide bonds. The summed E-state index contributed by atoms with van der Waals surface area (Å²) in [5, 5.41) is 1.89. The van der Waals surface area contributed by atoms with Crippen molar-refractivity contribution in [3.05, 3.63) is 114 Å². The molecule has 36 heavy (non-hydrogen) atoms. The molecule has 3 aromatic heterocycles. The van der Waals surface area contributed by atoms with E-state index >= 15 is 0 Å². The number of rotatable bonds is 5. The fourth-order valence-corrected chi connectivity index (χ4v) is 6.21. The highest BCUT2D eigenvalue weighted by Crippen LogP contribution is 2.41. The van der Waals surface area contributed by atoms with Crippen LogP contribution >= 0.6 is 15.9 Å². The van der Waals surface area contributed by atoms with E-state index in [1.807, 2.05) is 54.7 Å². The van der Waals surface area contributed by atoms with Crippen molar-refractivity contribution in [3.63, 3.8) is 0 Å². The lowest BCUT2D eigenvalue weighted by molar-refractivity contribution is 0.595. The molecular formula is C29H20BrN3O2S. The molecule has 0 fully saturated rings. The smallest absolute Gasteiger partial charge is 0.182 e. The fraction of sp³-hybridized carbons (Fsp3) is 0.0345. The topological polar surface area (TPSA) is 75.7 Å². The molecule has 0 aliphatic heterocycles. The highest BCUT2D eigenvalue weighted by Gasteiger charge is 2.19. The molecule has 1 N–H and O–H groups in total. The van der Waals surface area contributed by atoms with Gasteiger partial charge in [-0.05, 0) is 65.2 Å². The van der Waals surface area contributed by atoms with Crippen molar-refractivity contribution in [1.82, 2.24) is 15.0 Å². The Hall–Kier alpha value is -3.81. The molecule has 176 valence electrons. The van der Waals surface area contributed by atoms with Crippen molar-refractivity contribution in [1.29, 1.82) is 0 Å². The van der Waals surface area contributed by atoms with Gasteiger partial charge in [-0.25, -0.2) is 13.4 Å². The van der Waals surface area contributed by atoms with E-state index in [0.29, 0.717) is 4.90 Å². The minimum absolute atomic E-state index is 0.0793. The van der Waals surface area contributed by atoms with Crippen molar-refractivity contribution < 1.29 is 8.42 Å². The van der Waals surface area contributed by atoms with Crippen LogP contribution in [-0.2, 0) is 15.6 Å². The molecule has 3 heterocycles. The number of H-pyrrole nitrogens is 1. The molecule has 0 saturated heterocycles. The average molecular weight is 554 g/mol. The second-order valence-corrected chi connectivity index (χ2v) is 11.5. The number of sulfone groups is 1. The van der Waals surface area contributed by atoms with Gasteiger partial charge in [-0.1, -0.05) is 52.3 Å². The van der Waals surface area contributed by atoms with E-state index in [9.17, 15) is 8.42 Å². The van der Waals surface area contributed by atoms with E-state index in [-0.39, 0.29) is 5.75 Å². The first kappa shape index (κ1) is 22.6. The van der Waals surface area contributed by atoms with Crippen molar-refractivity contribution in [2.24, 2.45) is 0 Å². The van der Waals surface area contributed by atoms with E-state index in [1.54, 1.807) is 36.7 Å². The van der Waals surface area contributed by atoms with E-state index in [0.717, 1.165) is 54.2 Å². The Morgan fingerprint density at radius 3 is 2.33 bits per heavy atom. The van der Waals surface area contributed by atoms with E-state index in [1.165, 1.54) is 0 Å². The van der Waals surface area contributed by atoms with Gasteiger partial charge in [-0.3, -0.25) is 4.98 Å². The molecule has 0 atom stereocenters. The summed E-state index contributed by atoms with van der Waals surface area (Å²) in [5.74, 6) is -0.0793. The monoisotopic (exact) mass is 553 g/mol. The standard InChI is InChI=1S/C29H20BrN3O2S/c30-22-9-7-20(8-10-22)25-17-32-29-28(27(25)21-12-14-31-15-13-21)24-16-19(6-11-26(24)33-29)18-36(34,35)23-4-2-1-3-5-23/h1-17H,18H2,(H,32,33). The molecule has 0 aliphatic carbocycles. The van der Waals surface area contributed by atoms with Gasteiger partial charge in [-0.2, -0.15) is 0 Å². The van der Waals surface area contributed by atoms with Gasteiger partial charge in [0.15, 0.2) is 9.84 Å². The quantitative estimate of drug-likeness (QED) is 0.245. The Morgan fingerprint density at radius 1 is 0.833 bits per heavy atom. The molecule has 6 aromatic rings. The van der Waals surface area contributed by atoms with Gasteiger partial charge >= 0.3 is 0 Å². The first-order chi connectivity index (χ1) is 17.5. The van der Waals surface area contributed by atoms with Gasteiger partial charge in [-0.15, -0.1) is 0 Å². The van der Waals surface area contributed by atoms with E-state index < -0.39 is 9.84 Å². The van der Waals surface area contributed by atoms with Gasteiger partial charge in [0.05, 0.1) is 10.6 Å². The van der Waals surface area contributed by atoms with Gasteiger partial charge < -0.3 is 4.98 Å². The van der Waals surface area contributed by atoms with Crippen LogP contribution in [0.1, 0.15) is 5.56 Å². The highest BCUT2D eigenvalue weighted by molar-refractivity contribution is 9.10. The fourth-order valence-electron chi connectivity index (χ4n) is 4.59. The number of aromatic nitrogens is 3. The van der Waals surface area contributed by atoms with Crippen molar-refractivity contribution in [2.75, 3.05) is 0 Å². The van der Waals surface area contributed by atoms with Crippen LogP contribution in [0.5, 0.6) is 0 Å². The molecule has 7 heteroatoms. The number of nitrogens with zero attached hydrogens (tertiary/aromatic N) is 2. The highest BCUT2D eigenvalue weighted by atomic mass is 79.9. The Balaban J connectivity index is 1.58. The lowest BCUT2D eigenvalue weighted by Gasteiger charge is -2.12. The molecule has 6 rings (SSSR count). The van der Waals surface area contributed by atoms with Crippen LogP contribution in [0.25, 0.3) is 44.2 Å². The van der Waals surface area contributed by atoms with Crippen LogP contribution in [0, 0.1) is 0 Å². The normalized spacial score (nSPS) is 11.8. The molecular weight excluding hydrogens is 534 g/mol. The van der Waals surface area contributed by atoms with Gasteiger partial charge in [0.2, 0.25) is 0 Å². The SMILES string of the molecule is O=S(=O)(Cc1ccc2[nH]c3ncc(-c4ccc(Br)cc4)c(-c4ccncc4)c3c2c1)c1ccccc1. The van der Waals surface area contributed by atoms with Crippen LogP contribution in [0.4, 0.5) is 0 Å². The van der Waals surface area contributed by atoms with Crippen LogP contribution in [0.15, 0.2) is 113 Å². The Bertz CT molecular complexity index is 1820. The number of fused-ring (bicyclic) bond motifs is 3. The summed E-state index contributed by atoms with van der Waals surface area (Å²) in [6, 6.07) is 26.4. The maximum absolute atomic E-state index is 13.1. The number of nitrogens with one attached hydrogen (secondary N) is 1. The summed E-state index contributed by atoms with van der Waals surface area (Å²) in [5.41, 5.74) is 6.45. The van der Waals surface area contributed by atoms with Crippen molar-refractivity contribution in [2.45, 2.75) is 10.6 Å². The number of halogens is 1. The molecule has 0 radical (unpaired) electrons. The maximum Gasteiger partial charge on any atom is 0.182 e. The summed E-state index contributed by atoms with van der Waals surface area (Å²) in [4.78, 5) is 12.7. The van der Waals surface area contributed by atoms with Gasteiger partial charge in [0.25, 0.3) is 0 Å².